The van der Waals surface area contributed by atoms with Crippen molar-refractivity contribution in [2.75, 3.05) is 30.0 Å². The van der Waals surface area contributed by atoms with Crippen LogP contribution in [0.4, 0.5) is 26.2 Å². The van der Waals surface area contributed by atoms with E-state index in [0.717, 1.165) is 4.31 Å². The van der Waals surface area contributed by atoms with Gasteiger partial charge < -0.3 is 16.0 Å². The van der Waals surface area contributed by atoms with Gasteiger partial charge >= 0.3 is 6.03 Å². The van der Waals surface area contributed by atoms with Crippen LogP contribution in [0.15, 0.2) is 77.7 Å². The minimum atomic E-state index is -3.66. The minimum absolute atomic E-state index is 0.0272. The Morgan fingerprint density at radius 3 is 2.19 bits per heavy atom. The second-order valence-corrected chi connectivity index (χ2v) is 9.05. The summed E-state index contributed by atoms with van der Waals surface area (Å²) in [5.41, 5.74) is 1.09. The van der Waals surface area contributed by atoms with Crippen molar-refractivity contribution in [3.63, 3.8) is 0 Å². The number of rotatable bonds is 6. The summed E-state index contributed by atoms with van der Waals surface area (Å²) in [6.07, 6.45) is 0. The lowest BCUT2D eigenvalue weighted by atomic mass is 10.1. The van der Waals surface area contributed by atoms with Crippen molar-refractivity contribution in [1.29, 1.82) is 0 Å². The maximum Gasteiger partial charge on any atom is 0.323 e. The first-order valence-corrected chi connectivity index (χ1v) is 10.9. The molecule has 0 aromatic heterocycles. The number of halogens is 1. The van der Waals surface area contributed by atoms with E-state index in [1.54, 1.807) is 24.3 Å². The summed E-state index contributed by atoms with van der Waals surface area (Å²) >= 11 is 0. The Hall–Kier alpha value is -3.76. The van der Waals surface area contributed by atoms with Crippen LogP contribution in [-0.4, -0.2) is 38.8 Å². The van der Waals surface area contributed by atoms with Crippen LogP contribution < -0.4 is 16.0 Å². The van der Waals surface area contributed by atoms with Gasteiger partial charge in [0, 0.05) is 25.5 Å². The van der Waals surface area contributed by atoms with Crippen LogP contribution >= 0.6 is 0 Å². The number of nitrogens with zero attached hydrogens (tertiary/aromatic N) is 1. The molecule has 0 fully saturated rings. The molecule has 0 saturated carbocycles. The molecule has 8 nitrogen and oxygen atoms in total. The second-order valence-electron chi connectivity index (χ2n) is 6.90. The van der Waals surface area contributed by atoms with Crippen LogP contribution in [0.25, 0.3) is 0 Å². The Kier molecular flexibility index (Phi) is 6.86. The number of benzene rings is 3. The predicted molar refractivity (Wildman–Crippen MR) is 121 cm³/mol. The molecule has 3 amide bonds. The zero-order chi connectivity index (χ0) is 23.3. The van der Waals surface area contributed by atoms with Gasteiger partial charge in [0.1, 0.15) is 5.82 Å². The van der Waals surface area contributed by atoms with Crippen LogP contribution in [0.5, 0.6) is 0 Å². The summed E-state index contributed by atoms with van der Waals surface area (Å²) in [6, 6.07) is 16.8. The molecule has 0 aliphatic carbocycles. The van der Waals surface area contributed by atoms with E-state index >= 15 is 0 Å². The monoisotopic (exact) mass is 456 g/mol. The molecule has 3 N–H and O–H groups in total. The normalized spacial score (nSPS) is 11.1. The molecule has 0 bridgehead atoms. The fourth-order valence-corrected chi connectivity index (χ4v) is 3.70. The maximum atomic E-state index is 13.1. The number of sulfonamides is 1. The van der Waals surface area contributed by atoms with E-state index in [1.165, 1.54) is 62.6 Å². The highest BCUT2D eigenvalue weighted by Crippen LogP contribution is 2.20. The number of hydrogen-bond donors (Lipinski definition) is 3. The van der Waals surface area contributed by atoms with Gasteiger partial charge in [-0.05, 0) is 54.6 Å². The van der Waals surface area contributed by atoms with Gasteiger partial charge in [0.25, 0.3) is 5.91 Å². The number of anilines is 3. The third-order valence-electron chi connectivity index (χ3n) is 4.39. The Balaban J connectivity index is 1.74. The number of nitrogens with one attached hydrogen (secondary N) is 3. The van der Waals surface area contributed by atoms with Crippen molar-refractivity contribution in [2.24, 2.45) is 0 Å². The van der Waals surface area contributed by atoms with E-state index in [1.807, 2.05) is 0 Å². The summed E-state index contributed by atoms with van der Waals surface area (Å²) in [5.74, 6) is -0.921. The van der Waals surface area contributed by atoms with Crippen molar-refractivity contribution in [1.82, 2.24) is 4.31 Å². The summed E-state index contributed by atoms with van der Waals surface area (Å²) in [5, 5.41) is 7.78. The average Bonchev–Trinajstić information content (AvgIpc) is 2.75. The van der Waals surface area contributed by atoms with Gasteiger partial charge in [-0.15, -0.1) is 0 Å². The van der Waals surface area contributed by atoms with E-state index in [-0.39, 0.29) is 21.8 Å². The van der Waals surface area contributed by atoms with Gasteiger partial charge in [0.15, 0.2) is 0 Å². The van der Waals surface area contributed by atoms with Crippen LogP contribution in [0.3, 0.4) is 0 Å². The highest BCUT2D eigenvalue weighted by atomic mass is 32.2. The molecule has 3 rings (SSSR count). The molecule has 0 aliphatic rings. The van der Waals surface area contributed by atoms with Crippen molar-refractivity contribution in [3.05, 3.63) is 84.2 Å². The first-order valence-electron chi connectivity index (χ1n) is 9.43. The van der Waals surface area contributed by atoms with Crippen molar-refractivity contribution in [2.45, 2.75) is 4.90 Å². The molecule has 0 unspecified atom stereocenters. The summed E-state index contributed by atoms with van der Waals surface area (Å²) < 4.78 is 38.7. The third-order valence-corrected chi connectivity index (χ3v) is 6.20. The molecular formula is C22H21FN4O4S. The molecule has 10 heteroatoms. The van der Waals surface area contributed by atoms with Crippen LogP contribution in [-0.2, 0) is 10.0 Å². The van der Waals surface area contributed by atoms with Crippen molar-refractivity contribution < 1.29 is 22.4 Å². The zero-order valence-corrected chi connectivity index (χ0v) is 18.1. The Morgan fingerprint density at radius 1 is 0.812 bits per heavy atom. The molecule has 0 spiro atoms. The number of urea groups is 1. The van der Waals surface area contributed by atoms with E-state index in [4.69, 9.17) is 0 Å². The van der Waals surface area contributed by atoms with Gasteiger partial charge in [-0.25, -0.2) is 21.9 Å². The van der Waals surface area contributed by atoms with E-state index in [9.17, 15) is 22.4 Å². The Labute approximate surface area is 185 Å². The van der Waals surface area contributed by atoms with Gasteiger partial charge in [0.2, 0.25) is 10.0 Å². The van der Waals surface area contributed by atoms with E-state index in [0.29, 0.717) is 5.69 Å². The molecule has 32 heavy (non-hydrogen) atoms. The maximum absolute atomic E-state index is 13.1. The number of carbonyl (C=O) groups is 2. The summed E-state index contributed by atoms with van der Waals surface area (Å²) in [6.45, 7) is 0. The van der Waals surface area contributed by atoms with Crippen molar-refractivity contribution in [3.8, 4) is 0 Å². The quantitative estimate of drug-likeness (QED) is 0.522. The Morgan fingerprint density at radius 2 is 1.50 bits per heavy atom. The molecule has 3 aromatic carbocycles. The predicted octanol–water partition coefficient (Wildman–Crippen LogP) is 3.97. The largest absolute Gasteiger partial charge is 0.323 e. The first-order chi connectivity index (χ1) is 15.2. The molecule has 166 valence electrons. The fraction of sp³-hybridized carbons (Fsp3) is 0.0909. The summed E-state index contributed by atoms with van der Waals surface area (Å²) in [4.78, 5) is 25.1. The van der Waals surface area contributed by atoms with Gasteiger partial charge in [-0.3, -0.25) is 4.79 Å². The van der Waals surface area contributed by atoms with Gasteiger partial charge in [-0.1, -0.05) is 18.2 Å². The van der Waals surface area contributed by atoms with Crippen LogP contribution in [0, 0.1) is 5.82 Å². The highest BCUT2D eigenvalue weighted by Gasteiger charge is 2.18. The molecule has 0 radical (unpaired) electrons. The smallest absolute Gasteiger partial charge is 0.322 e. The van der Waals surface area contributed by atoms with Crippen LogP contribution in [0.2, 0.25) is 0 Å². The van der Waals surface area contributed by atoms with E-state index in [2.05, 4.69) is 16.0 Å². The van der Waals surface area contributed by atoms with Crippen LogP contribution in [0.1, 0.15) is 10.4 Å². The topological polar surface area (TPSA) is 108 Å². The lowest BCUT2D eigenvalue weighted by Crippen LogP contribution is -2.24. The average molecular weight is 456 g/mol. The SMILES string of the molecule is CN(C)S(=O)(=O)c1cccc(NC(=O)Nc2ccccc2C(=O)Nc2ccc(F)cc2)c1. The fourth-order valence-electron chi connectivity index (χ4n) is 2.75. The molecule has 3 aromatic rings. The summed E-state index contributed by atoms with van der Waals surface area (Å²) in [7, 11) is -0.834. The molecule has 0 atom stereocenters. The molecular weight excluding hydrogens is 435 g/mol. The number of para-hydroxylation sites is 1. The zero-order valence-electron chi connectivity index (χ0n) is 17.3. The molecule has 0 aliphatic heterocycles. The van der Waals surface area contributed by atoms with Gasteiger partial charge in [-0.2, -0.15) is 0 Å². The lowest BCUT2D eigenvalue weighted by molar-refractivity contribution is 0.102. The number of amides is 3. The second kappa shape index (κ2) is 9.58. The van der Waals surface area contributed by atoms with Crippen molar-refractivity contribution >= 4 is 39.0 Å². The van der Waals surface area contributed by atoms with Gasteiger partial charge in [0.05, 0.1) is 16.1 Å². The number of hydrogen-bond acceptors (Lipinski definition) is 4. The minimum Gasteiger partial charge on any atom is -0.322 e. The molecule has 0 heterocycles. The highest BCUT2D eigenvalue weighted by molar-refractivity contribution is 7.89. The standard InChI is InChI=1S/C22H21FN4O4S/c1-27(2)32(30,31)18-7-5-6-17(14-18)25-22(29)26-20-9-4-3-8-19(20)21(28)24-16-12-10-15(23)11-13-16/h3-14H,1-2H3,(H,24,28)(H2,25,26,29). The third kappa shape index (κ3) is 5.48. The number of carbonyl (C=O) groups excluding carboxylic acids is 2. The molecule has 0 saturated heterocycles. The van der Waals surface area contributed by atoms with E-state index < -0.39 is 27.8 Å². The lowest BCUT2D eigenvalue weighted by Gasteiger charge is -2.14. The Bertz CT molecular complexity index is 1240. The first kappa shape index (κ1) is 22.9.